The maximum atomic E-state index is 12.7. The zero-order chi connectivity index (χ0) is 21.3. The first-order valence-electron chi connectivity index (χ1n) is 10.0. The van der Waals surface area contributed by atoms with Gasteiger partial charge in [0.05, 0.1) is 25.9 Å². The summed E-state index contributed by atoms with van der Waals surface area (Å²) >= 11 is 0. The molecule has 0 saturated carbocycles. The summed E-state index contributed by atoms with van der Waals surface area (Å²) in [5.74, 6) is 1.39. The van der Waals surface area contributed by atoms with Gasteiger partial charge in [0, 0.05) is 44.9 Å². The van der Waals surface area contributed by atoms with Crippen molar-refractivity contribution in [3.63, 3.8) is 0 Å². The van der Waals surface area contributed by atoms with Crippen molar-refractivity contribution >= 4 is 12.0 Å². The maximum absolute atomic E-state index is 12.7. The first kappa shape index (κ1) is 21.4. The minimum absolute atomic E-state index is 0.0111. The van der Waals surface area contributed by atoms with Crippen LogP contribution in [0.4, 0.5) is 0 Å². The Hall–Kier alpha value is -3.30. The highest BCUT2D eigenvalue weighted by Crippen LogP contribution is 2.23. The summed E-state index contributed by atoms with van der Waals surface area (Å²) in [6, 6.07) is 15.4. The van der Waals surface area contributed by atoms with Crippen molar-refractivity contribution in [2.75, 3.05) is 40.4 Å². The number of hydrogen-bond donors (Lipinski definition) is 0. The van der Waals surface area contributed by atoms with Gasteiger partial charge in [0.15, 0.2) is 0 Å². The molecule has 1 aliphatic rings. The lowest BCUT2D eigenvalue weighted by atomic mass is 10.1. The molecule has 2 aromatic carbocycles. The monoisotopic (exact) mass is 405 g/mol. The van der Waals surface area contributed by atoms with E-state index in [1.807, 2.05) is 41.3 Å². The number of hydrogen-bond acceptors (Lipinski definition) is 5. The third-order valence-electron chi connectivity index (χ3n) is 5.18. The predicted octanol–water partition coefficient (Wildman–Crippen LogP) is 3.32. The SMILES string of the molecule is COc1cc(/C=C/C(=O)N2CCCN(Cc3ccc(C#N)cc3)CC2)cc(OC)c1. The standard InChI is InChI=1S/C24H27N3O3/c1-29-22-14-21(15-23(16-22)30-2)8-9-24(28)27-11-3-10-26(12-13-27)18-20-6-4-19(17-25)5-7-20/h4-9,14-16H,3,10-13,18H2,1-2H3/b9-8+. The van der Waals surface area contributed by atoms with Crippen LogP contribution in [0.2, 0.25) is 0 Å². The molecule has 0 N–H and O–H groups in total. The van der Waals surface area contributed by atoms with Gasteiger partial charge in [0.1, 0.15) is 11.5 Å². The zero-order valence-corrected chi connectivity index (χ0v) is 17.5. The fourth-order valence-electron chi connectivity index (χ4n) is 3.49. The molecular weight excluding hydrogens is 378 g/mol. The number of nitriles is 1. The Bertz CT molecular complexity index is 909. The van der Waals surface area contributed by atoms with E-state index < -0.39 is 0 Å². The van der Waals surface area contributed by atoms with Crippen LogP contribution in [-0.4, -0.2) is 56.1 Å². The summed E-state index contributed by atoms with van der Waals surface area (Å²) in [5.41, 5.74) is 2.71. The van der Waals surface area contributed by atoms with Crippen LogP contribution in [0.15, 0.2) is 48.5 Å². The van der Waals surface area contributed by atoms with Gasteiger partial charge in [-0.15, -0.1) is 0 Å². The molecule has 0 atom stereocenters. The molecule has 6 heteroatoms. The van der Waals surface area contributed by atoms with Crippen LogP contribution in [0.3, 0.4) is 0 Å². The van der Waals surface area contributed by atoms with Crippen molar-refractivity contribution in [2.45, 2.75) is 13.0 Å². The molecule has 1 amide bonds. The fraction of sp³-hybridized carbons (Fsp3) is 0.333. The number of carbonyl (C=O) groups excluding carboxylic acids is 1. The van der Waals surface area contributed by atoms with Crippen LogP contribution in [-0.2, 0) is 11.3 Å². The van der Waals surface area contributed by atoms with Gasteiger partial charge in [-0.2, -0.15) is 5.26 Å². The van der Waals surface area contributed by atoms with Gasteiger partial charge < -0.3 is 14.4 Å². The molecule has 156 valence electrons. The highest BCUT2D eigenvalue weighted by Gasteiger charge is 2.17. The van der Waals surface area contributed by atoms with E-state index in [1.54, 1.807) is 32.4 Å². The Labute approximate surface area is 177 Å². The van der Waals surface area contributed by atoms with Crippen molar-refractivity contribution < 1.29 is 14.3 Å². The van der Waals surface area contributed by atoms with Crippen LogP contribution in [0, 0.1) is 11.3 Å². The molecule has 0 bridgehead atoms. The van der Waals surface area contributed by atoms with Crippen LogP contribution < -0.4 is 9.47 Å². The topological polar surface area (TPSA) is 65.8 Å². The summed E-state index contributed by atoms with van der Waals surface area (Å²) in [4.78, 5) is 16.9. The molecule has 1 aliphatic heterocycles. The van der Waals surface area contributed by atoms with E-state index in [2.05, 4.69) is 11.0 Å². The molecule has 0 aromatic heterocycles. The Morgan fingerprint density at radius 1 is 1.03 bits per heavy atom. The molecule has 3 rings (SSSR count). The summed E-state index contributed by atoms with van der Waals surface area (Å²) in [6.07, 6.45) is 4.35. The number of nitrogens with zero attached hydrogens (tertiary/aromatic N) is 3. The molecule has 0 unspecified atom stereocenters. The minimum atomic E-state index is 0.0111. The summed E-state index contributed by atoms with van der Waals surface area (Å²) < 4.78 is 10.6. The second-order valence-corrected chi connectivity index (χ2v) is 7.24. The van der Waals surface area contributed by atoms with E-state index in [4.69, 9.17) is 14.7 Å². The number of methoxy groups -OCH3 is 2. The molecule has 0 spiro atoms. The smallest absolute Gasteiger partial charge is 0.246 e. The van der Waals surface area contributed by atoms with Crippen LogP contribution in [0.5, 0.6) is 11.5 Å². The van der Waals surface area contributed by atoms with E-state index in [1.165, 1.54) is 5.56 Å². The van der Waals surface area contributed by atoms with Gasteiger partial charge in [0.2, 0.25) is 5.91 Å². The average Bonchev–Trinajstić information content (AvgIpc) is 3.03. The summed E-state index contributed by atoms with van der Waals surface area (Å²) in [7, 11) is 3.21. The highest BCUT2D eigenvalue weighted by molar-refractivity contribution is 5.92. The second kappa shape index (κ2) is 10.5. The Morgan fingerprint density at radius 3 is 2.37 bits per heavy atom. The van der Waals surface area contributed by atoms with E-state index in [0.29, 0.717) is 23.6 Å². The van der Waals surface area contributed by atoms with Gasteiger partial charge in [-0.3, -0.25) is 9.69 Å². The molecule has 6 nitrogen and oxygen atoms in total. The van der Waals surface area contributed by atoms with Gasteiger partial charge in [-0.05, 0) is 47.9 Å². The molecule has 30 heavy (non-hydrogen) atoms. The number of carbonyl (C=O) groups is 1. The van der Waals surface area contributed by atoms with Crippen molar-refractivity contribution in [3.8, 4) is 17.6 Å². The largest absolute Gasteiger partial charge is 0.497 e. The van der Waals surface area contributed by atoms with E-state index in [-0.39, 0.29) is 5.91 Å². The third-order valence-corrected chi connectivity index (χ3v) is 5.18. The molecular formula is C24H27N3O3. The molecule has 1 heterocycles. The summed E-state index contributed by atoms with van der Waals surface area (Å²) in [6.45, 7) is 4.04. The molecule has 0 radical (unpaired) electrons. The number of ether oxygens (including phenoxy) is 2. The first-order valence-corrected chi connectivity index (χ1v) is 10.0. The van der Waals surface area contributed by atoms with Crippen molar-refractivity contribution in [1.82, 2.24) is 9.80 Å². The molecule has 0 aliphatic carbocycles. The van der Waals surface area contributed by atoms with Gasteiger partial charge in [0.25, 0.3) is 0 Å². The van der Waals surface area contributed by atoms with E-state index in [0.717, 1.165) is 38.2 Å². The van der Waals surface area contributed by atoms with E-state index >= 15 is 0 Å². The number of benzene rings is 2. The summed E-state index contributed by atoms with van der Waals surface area (Å²) in [5, 5.41) is 8.92. The van der Waals surface area contributed by atoms with Crippen molar-refractivity contribution in [2.24, 2.45) is 0 Å². The highest BCUT2D eigenvalue weighted by atomic mass is 16.5. The fourth-order valence-corrected chi connectivity index (χ4v) is 3.49. The lowest BCUT2D eigenvalue weighted by Crippen LogP contribution is -2.34. The lowest BCUT2D eigenvalue weighted by molar-refractivity contribution is -0.125. The average molecular weight is 405 g/mol. The van der Waals surface area contributed by atoms with Gasteiger partial charge >= 0.3 is 0 Å². The third kappa shape index (κ3) is 5.85. The number of amides is 1. The van der Waals surface area contributed by atoms with E-state index in [9.17, 15) is 4.79 Å². The normalized spacial score (nSPS) is 14.9. The second-order valence-electron chi connectivity index (χ2n) is 7.24. The quantitative estimate of drug-likeness (QED) is 0.690. The zero-order valence-electron chi connectivity index (χ0n) is 17.5. The van der Waals surface area contributed by atoms with Gasteiger partial charge in [-0.25, -0.2) is 0 Å². The Kier molecular flexibility index (Phi) is 7.47. The lowest BCUT2D eigenvalue weighted by Gasteiger charge is -2.21. The first-order chi connectivity index (χ1) is 14.6. The molecule has 2 aromatic rings. The Morgan fingerprint density at radius 2 is 1.73 bits per heavy atom. The molecule has 1 fully saturated rings. The Balaban J connectivity index is 1.57. The van der Waals surface area contributed by atoms with Gasteiger partial charge in [-0.1, -0.05) is 12.1 Å². The van der Waals surface area contributed by atoms with Crippen molar-refractivity contribution in [1.29, 1.82) is 5.26 Å². The van der Waals surface area contributed by atoms with Crippen molar-refractivity contribution in [3.05, 3.63) is 65.2 Å². The molecule has 1 saturated heterocycles. The van der Waals surface area contributed by atoms with Crippen LogP contribution in [0.1, 0.15) is 23.1 Å². The predicted molar refractivity (Wildman–Crippen MR) is 116 cm³/mol. The minimum Gasteiger partial charge on any atom is -0.497 e. The van der Waals surface area contributed by atoms with Crippen LogP contribution in [0.25, 0.3) is 6.08 Å². The van der Waals surface area contributed by atoms with Crippen LogP contribution >= 0.6 is 0 Å². The number of rotatable bonds is 6. The maximum Gasteiger partial charge on any atom is 0.246 e.